The lowest BCUT2D eigenvalue weighted by Gasteiger charge is -2.64. The van der Waals surface area contributed by atoms with E-state index in [0.717, 1.165) is 31.3 Å². The largest absolute Gasteiger partial charge is 0.396 e. The van der Waals surface area contributed by atoms with Gasteiger partial charge < -0.3 is 10.2 Å². The van der Waals surface area contributed by atoms with Gasteiger partial charge in [-0.1, -0.05) is 26.8 Å². The Morgan fingerprint density at radius 3 is 2.55 bits per heavy atom. The van der Waals surface area contributed by atoms with Gasteiger partial charge in [0.2, 0.25) is 0 Å². The van der Waals surface area contributed by atoms with Crippen molar-refractivity contribution in [2.45, 2.75) is 77.2 Å². The molecule has 0 aliphatic heterocycles. The molecule has 2 heteroatoms. The molecular weight excluding hydrogens is 272 g/mol. The highest BCUT2D eigenvalue weighted by molar-refractivity contribution is 5.29. The van der Waals surface area contributed by atoms with Gasteiger partial charge in [0.15, 0.2) is 0 Å². The molecule has 6 atom stereocenters. The summed E-state index contributed by atoms with van der Waals surface area (Å²) in [5.41, 5.74) is 1.31. The summed E-state index contributed by atoms with van der Waals surface area (Å²) in [4.78, 5) is 0. The van der Waals surface area contributed by atoms with Crippen LogP contribution in [0.5, 0.6) is 0 Å². The Balaban J connectivity index is 1.74. The third-order valence-corrected chi connectivity index (χ3v) is 8.64. The summed E-state index contributed by atoms with van der Waals surface area (Å²) in [6, 6.07) is 0. The van der Waals surface area contributed by atoms with Crippen molar-refractivity contribution in [2.75, 3.05) is 6.61 Å². The minimum Gasteiger partial charge on any atom is -0.396 e. The molecular formula is C20H32O2. The van der Waals surface area contributed by atoms with Crippen molar-refractivity contribution in [3.8, 4) is 0 Å². The van der Waals surface area contributed by atoms with Gasteiger partial charge >= 0.3 is 0 Å². The highest BCUT2D eigenvalue weighted by Gasteiger charge is 2.66. The molecule has 0 amide bonds. The molecule has 0 radical (unpaired) electrons. The molecule has 4 aliphatic rings. The van der Waals surface area contributed by atoms with Gasteiger partial charge in [-0.3, -0.25) is 0 Å². The maximum atomic E-state index is 10.9. The average molecular weight is 304 g/mol. The number of hydrogen-bond donors (Lipinski definition) is 2. The van der Waals surface area contributed by atoms with Crippen LogP contribution in [0.4, 0.5) is 0 Å². The second kappa shape index (κ2) is 4.39. The van der Waals surface area contributed by atoms with E-state index >= 15 is 0 Å². The van der Waals surface area contributed by atoms with Gasteiger partial charge in [0.25, 0.3) is 0 Å². The lowest BCUT2D eigenvalue weighted by Crippen LogP contribution is -2.58. The van der Waals surface area contributed by atoms with Crippen molar-refractivity contribution in [1.29, 1.82) is 0 Å². The highest BCUT2D eigenvalue weighted by Crippen LogP contribution is 2.72. The number of aliphatic hydroxyl groups is 2. The van der Waals surface area contributed by atoms with E-state index in [1.165, 1.54) is 32.1 Å². The van der Waals surface area contributed by atoms with Gasteiger partial charge in [-0.25, -0.2) is 0 Å². The molecule has 4 saturated carbocycles. The van der Waals surface area contributed by atoms with Crippen LogP contribution in [0, 0.1) is 28.1 Å². The second-order valence-electron chi connectivity index (χ2n) is 9.71. The molecule has 0 heterocycles. The Labute approximate surface area is 135 Å². The Morgan fingerprint density at radius 1 is 1.09 bits per heavy atom. The SMILES string of the molecule is C=C1CC23CCC4C(C)(CO)CCCC4(C)C2CCC1(O)C3. The average Bonchev–Trinajstić information content (AvgIpc) is 2.64. The van der Waals surface area contributed by atoms with Crippen LogP contribution in [-0.4, -0.2) is 22.4 Å². The van der Waals surface area contributed by atoms with E-state index in [2.05, 4.69) is 20.4 Å². The van der Waals surface area contributed by atoms with Crippen molar-refractivity contribution >= 4 is 0 Å². The molecule has 2 bridgehead atoms. The number of rotatable bonds is 1. The standard InChI is InChI=1S/C20H32O2/c1-14-11-19-9-5-15-17(2,13-21)7-4-8-18(15,3)16(19)6-10-20(14,22)12-19/h15-16,21-22H,1,4-13H2,2-3H3. The van der Waals surface area contributed by atoms with Crippen LogP contribution in [0.25, 0.3) is 0 Å². The van der Waals surface area contributed by atoms with Crippen LogP contribution in [0.15, 0.2) is 12.2 Å². The highest BCUT2D eigenvalue weighted by atomic mass is 16.3. The zero-order valence-electron chi connectivity index (χ0n) is 14.3. The zero-order valence-corrected chi connectivity index (χ0v) is 14.3. The second-order valence-corrected chi connectivity index (χ2v) is 9.71. The van der Waals surface area contributed by atoms with Crippen LogP contribution in [0.1, 0.15) is 71.6 Å². The topological polar surface area (TPSA) is 40.5 Å². The quantitative estimate of drug-likeness (QED) is 0.717. The van der Waals surface area contributed by atoms with E-state index in [4.69, 9.17) is 0 Å². The minimum absolute atomic E-state index is 0.109. The molecule has 1 spiro atoms. The fourth-order valence-electron chi connectivity index (χ4n) is 7.67. The van der Waals surface area contributed by atoms with Crippen molar-refractivity contribution < 1.29 is 10.2 Å². The van der Waals surface area contributed by atoms with Gasteiger partial charge in [0.1, 0.15) is 0 Å². The van der Waals surface area contributed by atoms with E-state index in [1.807, 2.05) is 0 Å². The van der Waals surface area contributed by atoms with Crippen molar-refractivity contribution in [3.63, 3.8) is 0 Å². The third kappa shape index (κ3) is 1.69. The number of hydrogen-bond acceptors (Lipinski definition) is 2. The lowest BCUT2D eigenvalue weighted by atomic mass is 9.41. The Kier molecular flexibility index (Phi) is 3.03. The van der Waals surface area contributed by atoms with Crippen molar-refractivity contribution in [1.82, 2.24) is 0 Å². The van der Waals surface area contributed by atoms with Gasteiger partial charge in [0, 0.05) is 6.61 Å². The van der Waals surface area contributed by atoms with E-state index in [0.29, 0.717) is 29.3 Å². The summed E-state index contributed by atoms with van der Waals surface area (Å²) in [6.07, 6.45) is 10.3. The van der Waals surface area contributed by atoms with Crippen LogP contribution >= 0.6 is 0 Å². The van der Waals surface area contributed by atoms with Crippen LogP contribution in [0.3, 0.4) is 0 Å². The molecule has 4 rings (SSSR count). The summed E-state index contributed by atoms with van der Waals surface area (Å²) in [7, 11) is 0. The Morgan fingerprint density at radius 2 is 1.82 bits per heavy atom. The third-order valence-electron chi connectivity index (χ3n) is 8.64. The van der Waals surface area contributed by atoms with Crippen molar-refractivity contribution in [3.05, 3.63) is 12.2 Å². The first-order valence-corrected chi connectivity index (χ1v) is 9.30. The van der Waals surface area contributed by atoms with Crippen LogP contribution < -0.4 is 0 Å². The Bertz CT molecular complexity index is 514. The smallest absolute Gasteiger partial charge is 0.0860 e. The molecule has 0 aromatic rings. The molecule has 0 aromatic carbocycles. The summed E-state index contributed by atoms with van der Waals surface area (Å²) < 4.78 is 0. The summed E-state index contributed by atoms with van der Waals surface area (Å²) in [6.45, 7) is 9.41. The monoisotopic (exact) mass is 304 g/mol. The van der Waals surface area contributed by atoms with Gasteiger partial charge in [-0.05, 0) is 85.0 Å². The lowest BCUT2D eigenvalue weighted by molar-refractivity contribution is -0.171. The summed E-state index contributed by atoms with van der Waals surface area (Å²) in [5, 5.41) is 21.0. The first-order valence-electron chi connectivity index (χ1n) is 9.30. The maximum absolute atomic E-state index is 10.9. The molecule has 6 unspecified atom stereocenters. The van der Waals surface area contributed by atoms with Gasteiger partial charge in [-0.2, -0.15) is 0 Å². The van der Waals surface area contributed by atoms with Gasteiger partial charge in [0.05, 0.1) is 5.60 Å². The fourth-order valence-corrected chi connectivity index (χ4v) is 7.67. The molecule has 124 valence electrons. The normalized spacial score (nSPS) is 57.4. The summed E-state index contributed by atoms with van der Waals surface area (Å²) >= 11 is 0. The number of aliphatic hydroxyl groups excluding tert-OH is 1. The van der Waals surface area contributed by atoms with E-state index in [9.17, 15) is 10.2 Å². The van der Waals surface area contributed by atoms with E-state index in [1.54, 1.807) is 0 Å². The molecule has 0 saturated heterocycles. The zero-order chi connectivity index (χ0) is 15.8. The predicted molar refractivity (Wildman–Crippen MR) is 88.4 cm³/mol. The Hall–Kier alpha value is -0.340. The first kappa shape index (κ1) is 15.2. The van der Waals surface area contributed by atoms with E-state index in [-0.39, 0.29) is 5.41 Å². The summed E-state index contributed by atoms with van der Waals surface area (Å²) in [5.74, 6) is 1.36. The molecule has 0 aromatic heterocycles. The van der Waals surface area contributed by atoms with Crippen molar-refractivity contribution in [2.24, 2.45) is 28.1 Å². The molecule has 4 fully saturated rings. The maximum Gasteiger partial charge on any atom is 0.0860 e. The number of fused-ring (bicyclic) bond motifs is 3. The molecule has 4 aliphatic carbocycles. The van der Waals surface area contributed by atoms with E-state index < -0.39 is 5.60 Å². The van der Waals surface area contributed by atoms with Crippen LogP contribution in [0.2, 0.25) is 0 Å². The fraction of sp³-hybridized carbons (Fsp3) is 0.900. The minimum atomic E-state index is -0.561. The first-order chi connectivity index (χ1) is 10.3. The van der Waals surface area contributed by atoms with Crippen LogP contribution in [-0.2, 0) is 0 Å². The molecule has 22 heavy (non-hydrogen) atoms. The molecule has 2 N–H and O–H groups in total. The predicted octanol–water partition coefficient (Wildman–Crippen LogP) is 4.06. The van der Waals surface area contributed by atoms with Gasteiger partial charge in [-0.15, -0.1) is 0 Å². The molecule has 2 nitrogen and oxygen atoms in total.